The molecule has 0 bridgehead atoms. The predicted molar refractivity (Wildman–Crippen MR) is 56.3 cm³/mol. The highest BCUT2D eigenvalue weighted by molar-refractivity contribution is 5.27. The highest BCUT2D eigenvalue weighted by atomic mass is 19.3. The van der Waals surface area contributed by atoms with Gasteiger partial charge >= 0.3 is 6.61 Å². The number of ether oxygens (including phenoxy) is 1. The average molecular weight is 214 g/mol. The highest BCUT2D eigenvalue weighted by Crippen LogP contribution is 2.16. The van der Waals surface area contributed by atoms with Gasteiger partial charge in [-0.2, -0.15) is 8.78 Å². The third kappa shape index (κ3) is 4.77. The third-order valence-electron chi connectivity index (χ3n) is 2.22. The van der Waals surface area contributed by atoms with Crippen LogP contribution in [0.4, 0.5) is 8.78 Å². The number of benzene rings is 1. The van der Waals surface area contributed by atoms with Crippen molar-refractivity contribution in [2.75, 3.05) is 0 Å². The van der Waals surface area contributed by atoms with Crippen molar-refractivity contribution in [3.8, 4) is 5.75 Å². The Morgan fingerprint density at radius 2 is 1.80 bits per heavy atom. The fourth-order valence-corrected chi connectivity index (χ4v) is 1.42. The molecule has 84 valence electrons. The van der Waals surface area contributed by atoms with E-state index in [-0.39, 0.29) is 5.75 Å². The average Bonchev–Trinajstić information content (AvgIpc) is 2.20. The van der Waals surface area contributed by atoms with Crippen molar-refractivity contribution in [2.24, 2.45) is 0 Å². The predicted octanol–water partition coefficient (Wildman–Crippen LogP) is 4.02. The van der Waals surface area contributed by atoms with Gasteiger partial charge in [-0.25, -0.2) is 0 Å². The zero-order chi connectivity index (χ0) is 11.1. The van der Waals surface area contributed by atoms with Crippen LogP contribution in [0.2, 0.25) is 0 Å². The van der Waals surface area contributed by atoms with E-state index in [0.29, 0.717) is 0 Å². The quantitative estimate of drug-likeness (QED) is 0.650. The number of hydrogen-bond acceptors (Lipinski definition) is 1. The maximum absolute atomic E-state index is 11.8. The molecule has 0 radical (unpaired) electrons. The van der Waals surface area contributed by atoms with Crippen LogP contribution < -0.4 is 4.74 Å². The van der Waals surface area contributed by atoms with E-state index >= 15 is 0 Å². The maximum Gasteiger partial charge on any atom is 0.387 e. The van der Waals surface area contributed by atoms with Gasteiger partial charge in [0.1, 0.15) is 5.75 Å². The first kappa shape index (κ1) is 12.0. The molecule has 0 aliphatic heterocycles. The van der Waals surface area contributed by atoms with Crippen molar-refractivity contribution in [3.05, 3.63) is 29.8 Å². The van der Waals surface area contributed by atoms with E-state index in [4.69, 9.17) is 0 Å². The van der Waals surface area contributed by atoms with E-state index in [9.17, 15) is 8.78 Å². The molecule has 1 aromatic carbocycles. The zero-order valence-electron chi connectivity index (χ0n) is 8.88. The van der Waals surface area contributed by atoms with Crippen LogP contribution in [0.1, 0.15) is 31.7 Å². The van der Waals surface area contributed by atoms with Crippen molar-refractivity contribution < 1.29 is 13.5 Å². The second kappa shape index (κ2) is 6.38. The van der Waals surface area contributed by atoms with Crippen molar-refractivity contribution in [1.82, 2.24) is 0 Å². The molecule has 0 heterocycles. The SMILES string of the molecule is CCCCCc1ccc(OC(F)F)cc1. The van der Waals surface area contributed by atoms with E-state index < -0.39 is 6.61 Å². The molecule has 0 aromatic heterocycles. The van der Waals surface area contributed by atoms with E-state index in [0.717, 1.165) is 12.8 Å². The van der Waals surface area contributed by atoms with Crippen molar-refractivity contribution >= 4 is 0 Å². The Morgan fingerprint density at radius 3 is 2.33 bits per heavy atom. The Labute approximate surface area is 89.1 Å². The van der Waals surface area contributed by atoms with Crippen LogP contribution in [0.5, 0.6) is 5.75 Å². The van der Waals surface area contributed by atoms with E-state index in [2.05, 4.69) is 11.7 Å². The molecular weight excluding hydrogens is 198 g/mol. The lowest BCUT2D eigenvalue weighted by Gasteiger charge is -2.05. The lowest BCUT2D eigenvalue weighted by molar-refractivity contribution is -0.0498. The maximum atomic E-state index is 11.8. The number of halogens is 2. The summed E-state index contributed by atoms with van der Waals surface area (Å²) in [6.07, 6.45) is 4.54. The van der Waals surface area contributed by atoms with Gasteiger partial charge in [-0.3, -0.25) is 0 Å². The first-order valence-corrected chi connectivity index (χ1v) is 5.26. The minimum Gasteiger partial charge on any atom is -0.435 e. The lowest BCUT2D eigenvalue weighted by atomic mass is 10.1. The fourth-order valence-electron chi connectivity index (χ4n) is 1.42. The van der Waals surface area contributed by atoms with Crippen LogP contribution >= 0.6 is 0 Å². The molecule has 0 N–H and O–H groups in total. The molecule has 0 unspecified atom stereocenters. The Bertz CT molecular complexity index is 269. The molecule has 1 rings (SSSR count). The van der Waals surface area contributed by atoms with Gasteiger partial charge in [-0.1, -0.05) is 31.9 Å². The van der Waals surface area contributed by atoms with Crippen LogP contribution in [0.3, 0.4) is 0 Å². The van der Waals surface area contributed by atoms with Gasteiger partial charge < -0.3 is 4.74 Å². The summed E-state index contributed by atoms with van der Waals surface area (Å²) in [5.74, 6) is 0.226. The fraction of sp³-hybridized carbons (Fsp3) is 0.500. The largest absolute Gasteiger partial charge is 0.435 e. The molecule has 0 saturated heterocycles. The summed E-state index contributed by atoms with van der Waals surface area (Å²) < 4.78 is 28.0. The topological polar surface area (TPSA) is 9.23 Å². The molecule has 0 spiro atoms. The van der Waals surface area contributed by atoms with E-state index in [1.807, 2.05) is 12.1 Å². The lowest BCUT2D eigenvalue weighted by Crippen LogP contribution is -2.01. The van der Waals surface area contributed by atoms with Gasteiger partial charge in [-0.15, -0.1) is 0 Å². The monoisotopic (exact) mass is 214 g/mol. The standard InChI is InChI=1S/C12H16F2O/c1-2-3-4-5-10-6-8-11(9-7-10)15-12(13)14/h6-9,12H,2-5H2,1H3. The Kier molecular flexibility index (Phi) is 5.08. The minimum absolute atomic E-state index is 0.226. The van der Waals surface area contributed by atoms with Gasteiger partial charge in [-0.05, 0) is 30.5 Å². The summed E-state index contributed by atoms with van der Waals surface area (Å²) in [7, 11) is 0. The van der Waals surface area contributed by atoms with Crippen molar-refractivity contribution in [1.29, 1.82) is 0 Å². The normalized spacial score (nSPS) is 10.7. The first-order valence-electron chi connectivity index (χ1n) is 5.26. The third-order valence-corrected chi connectivity index (χ3v) is 2.22. The summed E-state index contributed by atoms with van der Waals surface area (Å²) >= 11 is 0. The summed E-state index contributed by atoms with van der Waals surface area (Å²) in [5.41, 5.74) is 1.17. The van der Waals surface area contributed by atoms with Crippen LogP contribution in [-0.2, 0) is 6.42 Å². The molecule has 0 saturated carbocycles. The van der Waals surface area contributed by atoms with Gasteiger partial charge in [0.2, 0.25) is 0 Å². The van der Waals surface area contributed by atoms with E-state index in [1.54, 1.807) is 12.1 Å². The minimum atomic E-state index is -2.74. The first-order chi connectivity index (χ1) is 7.22. The van der Waals surface area contributed by atoms with Crippen molar-refractivity contribution in [2.45, 2.75) is 39.2 Å². The highest BCUT2D eigenvalue weighted by Gasteiger charge is 2.03. The number of rotatable bonds is 6. The molecular formula is C12H16F2O. The second-order valence-electron chi connectivity index (χ2n) is 3.48. The smallest absolute Gasteiger partial charge is 0.387 e. The Hall–Kier alpha value is -1.12. The van der Waals surface area contributed by atoms with Crippen LogP contribution in [0.25, 0.3) is 0 Å². The summed E-state index contributed by atoms with van der Waals surface area (Å²) in [6.45, 7) is -0.588. The Balaban J connectivity index is 2.42. The van der Waals surface area contributed by atoms with Gasteiger partial charge in [0, 0.05) is 0 Å². The summed E-state index contributed by atoms with van der Waals surface area (Å²) in [5, 5.41) is 0. The molecule has 0 fully saturated rings. The zero-order valence-corrected chi connectivity index (χ0v) is 8.88. The molecule has 0 atom stereocenters. The summed E-state index contributed by atoms with van der Waals surface area (Å²) in [6, 6.07) is 6.86. The summed E-state index contributed by atoms with van der Waals surface area (Å²) in [4.78, 5) is 0. The number of alkyl halides is 2. The second-order valence-corrected chi connectivity index (χ2v) is 3.48. The van der Waals surface area contributed by atoms with E-state index in [1.165, 1.54) is 18.4 Å². The number of unbranched alkanes of at least 4 members (excludes halogenated alkanes) is 2. The van der Waals surface area contributed by atoms with Crippen LogP contribution in [-0.4, -0.2) is 6.61 Å². The number of hydrogen-bond donors (Lipinski definition) is 0. The molecule has 0 aliphatic rings. The van der Waals surface area contributed by atoms with Gasteiger partial charge in [0.05, 0.1) is 0 Å². The molecule has 0 aliphatic carbocycles. The van der Waals surface area contributed by atoms with Gasteiger partial charge in [0.15, 0.2) is 0 Å². The van der Waals surface area contributed by atoms with Gasteiger partial charge in [0.25, 0.3) is 0 Å². The molecule has 1 aromatic rings. The number of aryl methyl sites for hydroxylation is 1. The molecule has 15 heavy (non-hydrogen) atoms. The molecule has 1 nitrogen and oxygen atoms in total. The molecule has 3 heteroatoms. The van der Waals surface area contributed by atoms with Crippen LogP contribution in [0, 0.1) is 0 Å². The molecule has 0 amide bonds. The van der Waals surface area contributed by atoms with Crippen LogP contribution in [0.15, 0.2) is 24.3 Å². The Morgan fingerprint density at radius 1 is 1.13 bits per heavy atom. The van der Waals surface area contributed by atoms with Crippen molar-refractivity contribution in [3.63, 3.8) is 0 Å².